The predicted octanol–water partition coefficient (Wildman–Crippen LogP) is 2.18. The third-order valence-corrected chi connectivity index (χ3v) is 3.99. The van der Waals surface area contributed by atoms with Gasteiger partial charge >= 0.3 is 5.97 Å². The van der Waals surface area contributed by atoms with Crippen molar-refractivity contribution in [3.8, 4) is 5.75 Å². The molecule has 0 saturated carbocycles. The van der Waals surface area contributed by atoms with E-state index in [0.717, 1.165) is 0 Å². The summed E-state index contributed by atoms with van der Waals surface area (Å²) in [5, 5.41) is 9.07. The molecule has 20 heavy (non-hydrogen) atoms. The van der Waals surface area contributed by atoms with E-state index in [1.165, 1.54) is 25.3 Å². The molecule has 112 valence electrons. The van der Waals surface area contributed by atoms with Crippen molar-refractivity contribution in [2.45, 2.75) is 20.3 Å². The van der Waals surface area contributed by atoms with Gasteiger partial charge in [-0.05, 0) is 24.5 Å². The summed E-state index contributed by atoms with van der Waals surface area (Å²) in [7, 11) is -2.16. The Morgan fingerprint density at radius 1 is 1.40 bits per heavy atom. The predicted molar refractivity (Wildman–Crippen MR) is 76.8 cm³/mol. The number of nitrogens with one attached hydrogen (secondary N) is 1. The van der Waals surface area contributed by atoms with Crippen molar-refractivity contribution < 1.29 is 23.1 Å². The highest BCUT2D eigenvalue weighted by molar-refractivity contribution is 7.92. The molecular weight excluding hydrogens is 282 g/mol. The Hall–Kier alpha value is -1.76. The lowest BCUT2D eigenvalue weighted by molar-refractivity contribution is 0.0698. The van der Waals surface area contributed by atoms with E-state index in [2.05, 4.69) is 4.72 Å². The van der Waals surface area contributed by atoms with E-state index in [9.17, 15) is 13.2 Å². The molecule has 0 aliphatic heterocycles. The Kier molecular flexibility index (Phi) is 5.38. The highest BCUT2D eigenvalue weighted by Gasteiger charge is 2.17. The van der Waals surface area contributed by atoms with Gasteiger partial charge in [0.15, 0.2) is 0 Å². The highest BCUT2D eigenvalue weighted by Crippen LogP contribution is 2.24. The molecular formula is C13H19NO5S. The van der Waals surface area contributed by atoms with Crippen molar-refractivity contribution >= 4 is 21.7 Å². The lowest BCUT2D eigenvalue weighted by Crippen LogP contribution is -2.19. The van der Waals surface area contributed by atoms with Crippen LogP contribution in [0.25, 0.3) is 0 Å². The number of carbonyl (C=O) groups is 1. The Balaban J connectivity index is 3.03. The molecule has 0 fully saturated rings. The third-order valence-electron chi connectivity index (χ3n) is 2.69. The quantitative estimate of drug-likeness (QED) is 0.805. The number of anilines is 1. The number of rotatable bonds is 7. The van der Waals surface area contributed by atoms with Crippen molar-refractivity contribution in [3.63, 3.8) is 0 Å². The van der Waals surface area contributed by atoms with Crippen molar-refractivity contribution in [2.75, 3.05) is 17.6 Å². The molecule has 0 amide bonds. The highest BCUT2D eigenvalue weighted by atomic mass is 32.2. The number of hydrogen-bond acceptors (Lipinski definition) is 4. The molecule has 2 N–H and O–H groups in total. The zero-order valence-electron chi connectivity index (χ0n) is 11.7. The summed E-state index contributed by atoms with van der Waals surface area (Å²) < 4.78 is 31.2. The van der Waals surface area contributed by atoms with Crippen LogP contribution in [-0.4, -0.2) is 32.4 Å². The monoisotopic (exact) mass is 301 g/mol. The third kappa shape index (κ3) is 4.73. The average Bonchev–Trinajstić information content (AvgIpc) is 2.35. The molecule has 0 aromatic heterocycles. The molecule has 0 bridgehead atoms. The number of carboxylic acid groups (broad SMARTS) is 1. The van der Waals surface area contributed by atoms with Gasteiger partial charge in [0.1, 0.15) is 5.75 Å². The first-order valence-corrected chi connectivity index (χ1v) is 7.82. The first kappa shape index (κ1) is 16.3. The standard InChI is InChI=1S/C13H19NO5S/c1-9(2)6-7-20(17,18)14-12-8-10(19-3)4-5-11(12)13(15)16/h4-5,8-9,14H,6-7H2,1-3H3,(H,15,16). The van der Waals surface area contributed by atoms with E-state index in [1.54, 1.807) is 0 Å². The van der Waals surface area contributed by atoms with Gasteiger partial charge in [0.2, 0.25) is 10.0 Å². The topological polar surface area (TPSA) is 92.7 Å². The first-order valence-electron chi connectivity index (χ1n) is 6.17. The summed E-state index contributed by atoms with van der Waals surface area (Å²) in [6.45, 7) is 3.84. The van der Waals surface area contributed by atoms with Crippen molar-refractivity contribution in [1.82, 2.24) is 0 Å². The number of hydrogen-bond donors (Lipinski definition) is 2. The zero-order valence-corrected chi connectivity index (χ0v) is 12.5. The van der Waals surface area contributed by atoms with Crippen LogP contribution in [0, 0.1) is 5.92 Å². The van der Waals surface area contributed by atoms with Gasteiger partial charge < -0.3 is 9.84 Å². The lowest BCUT2D eigenvalue weighted by Gasteiger charge is -2.12. The SMILES string of the molecule is COc1ccc(C(=O)O)c(NS(=O)(=O)CCC(C)C)c1. The van der Waals surface area contributed by atoms with Gasteiger partial charge in [-0.3, -0.25) is 4.72 Å². The second-order valence-electron chi connectivity index (χ2n) is 4.82. The maximum atomic E-state index is 11.9. The van der Waals surface area contributed by atoms with Crippen LogP contribution < -0.4 is 9.46 Å². The fourth-order valence-electron chi connectivity index (χ4n) is 1.53. The molecule has 7 heteroatoms. The minimum absolute atomic E-state index is 0.0145. The zero-order chi connectivity index (χ0) is 15.3. The fourth-order valence-corrected chi connectivity index (χ4v) is 2.92. The van der Waals surface area contributed by atoms with Gasteiger partial charge in [0, 0.05) is 6.07 Å². The molecule has 0 spiro atoms. The minimum atomic E-state index is -3.58. The Morgan fingerprint density at radius 3 is 2.55 bits per heavy atom. The van der Waals surface area contributed by atoms with E-state index >= 15 is 0 Å². The number of ether oxygens (including phenoxy) is 1. The van der Waals surface area contributed by atoms with Crippen LogP contribution in [0.3, 0.4) is 0 Å². The molecule has 1 aromatic rings. The number of benzene rings is 1. The molecule has 0 atom stereocenters. The van der Waals surface area contributed by atoms with E-state index in [-0.39, 0.29) is 22.9 Å². The Morgan fingerprint density at radius 2 is 2.05 bits per heavy atom. The van der Waals surface area contributed by atoms with Gasteiger partial charge in [0.25, 0.3) is 0 Å². The molecule has 0 radical (unpaired) electrons. The van der Waals surface area contributed by atoms with Crippen LogP contribution in [0.2, 0.25) is 0 Å². The van der Waals surface area contributed by atoms with Crippen LogP contribution >= 0.6 is 0 Å². The summed E-state index contributed by atoms with van der Waals surface area (Å²) in [5.41, 5.74) is -0.0977. The Bertz CT molecular complexity index is 580. The largest absolute Gasteiger partial charge is 0.497 e. The molecule has 6 nitrogen and oxygen atoms in total. The lowest BCUT2D eigenvalue weighted by atomic mass is 10.2. The summed E-state index contributed by atoms with van der Waals surface area (Å²) in [6, 6.07) is 4.13. The summed E-state index contributed by atoms with van der Waals surface area (Å²) in [4.78, 5) is 11.1. The van der Waals surface area contributed by atoms with Crippen molar-refractivity contribution in [2.24, 2.45) is 5.92 Å². The van der Waals surface area contributed by atoms with Gasteiger partial charge in [0.05, 0.1) is 24.1 Å². The van der Waals surface area contributed by atoms with Crippen LogP contribution in [0.4, 0.5) is 5.69 Å². The van der Waals surface area contributed by atoms with Crippen LogP contribution in [0.5, 0.6) is 5.75 Å². The summed E-state index contributed by atoms with van der Waals surface area (Å²) in [6.07, 6.45) is 0.502. The minimum Gasteiger partial charge on any atom is -0.497 e. The average molecular weight is 301 g/mol. The Labute approximate surface area is 118 Å². The number of methoxy groups -OCH3 is 1. The van der Waals surface area contributed by atoms with Crippen LogP contribution in [0.15, 0.2) is 18.2 Å². The molecule has 0 heterocycles. The molecule has 0 unspecified atom stereocenters. The summed E-state index contributed by atoms with van der Waals surface area (Å²) >= 11 is 0. The first-order chi connectivity index (χ1) is 9.25. The molecule has 1 aromatic carbocycles. The fraction of sp³-hybridized carbons (Fsp3) is 0.462. The second-order valence-corrected chi connectivity index (χ2v) is 6.66. The molecule has 1 rings (SSSR count). The van der Waals surface area contributed by atoms with Crippen LogP contribution in [-0.2, 0) is 10.0 Å². The molecule has 0 aliphatic carbocycles. The van der Waals surface area contributed by atoms with E-state index in [0.29, 0.717) is 12.2 Å². The summed E-state index contributed by atoms with van der Waals surface area (Å²) in [5.74, 6) is -0.623. The van der Waals surface area contributed by atoms with Crippen molar-refractivity contribution in [3.05, 3.63) is 23.8 Å². The maximum absolute atomic E-state index is 11.9. The number of aromatic carboxylic acids is 1. The number of carboxylic acids is 1. The van der Waals surface area contributed by atoms with Gasteiger partial charge in [-0.1, -0.05) is 13.8 Å². The van der Waals surface area contributed by atoms with Gasteiger partial charge in [-0.2, -0.15) is 0 Å². The van der Waals surface area contributed by atoms with Gasteiger partial charge in [-0.25, -0.2) is 13.2 Å². The molecule has 0 aliphatic rings. The normalized spacial score (nSPS) is 11.4. The van der Waals surface area contributed by atoms with E-state index in [4.69, 9.17) is 9.84 Å². The smallest absolute Gasteiger partial charge is 0.337 e. The maximum Gasteiger partial charge on any atom is 0.337 e. The van der Waals surface area contributed by atoms with Crippen molar-refractivity contribution in [1.29, 1.82) is 0 Å². The van der Waals surface area contributed by atoms with E-state index < -0.39 is 16.0 Å². The second kappa shape index (κ2) is 6.60. The molecule has 0 saturated heterocycles. The van der Waals surface area contributed by atoms with Crippen LogP contribution in [0.1, 0.15) is 30.6 Å². The number of sulfonamides is 1. The van der Waals surface area contributed by atoms with E-state index in [1.807, 2.05) is 13.8 Å². The van der Waals surface area contributed by atoms with Gasteiger partial charge in [-0.15, -0.1) is 0 Å².